The highest BCUT2D eigenvalue weighted by atomic mass is 79.9. The monoisotopic (exact) mass is 534 g/mol. The first-order valence-corrected chi connectivity index (χ1v) is 12.7. The van der Waals surface area contributed by atoms with Crippen LogP contribution in [0.25, 0.3) is 0 Å². The predicted octanol–water partition coefficient (Wildman–Crippen LogP) is 5.96. The fourth-order valence-electron chi connectivity index (χ4n) is 4.29. The SMILES string of the molecule is CC[C@@H](C(=O)NC1CCCC1)N(Cc1ccc(Cl)cc1)C(=O)COc1cc(C)c(Br)c(C)c1. The van der Waals surface area contributed by atoms with Crippen LogP contribution in [0.5, 0.6) is 5.75 Å². The van der Waals surface area contributed by atoms with Crippen molar-refractivity contribution in [2.75, 3.05) is 6.61 Å². The maximum atomic E-state index is 13.4. The summed E-state index contributed by atoms with van der Waals surface area (Å²) in [5.74, 6) is 0.315. The Morgan fingerprint density at radius 1 is 1.15 bits per heavy atom. The van der Waals surface area contributed by atoms with E-state index in [0.717, 1.165) is 46.8 Å². The minimum atomic E-state index is -0.564. The van der Waals surface area contributed by atoms with Crippen LogP contribution in [-0.2, 0) is 16.1 Å². The smallest absolute Gasteiger partial charge is 0.261 e. The van der Waals surface area contributed by atoms with Crippen LogP contribution in [0.3, 0.4) is 0 Å². The van der Waals surface area contributed by atoms with Crippen molar-refractivity contribution < 1.29 is 14.3 Å². The van der Waals surface area contributed by atoms with Crippen molar-refractivity contribution in [3.63, 3.8) is 0 Å². The van der Waals surface area contributed by atoms with Gasteiger partial charge in [-0.2, -0.15) is 0 Å². The van der Waals surface area contributed by atoms with Gasteiger partial charge in [-0.15, -0.1) is 0 Å². The van der Waals surface area contributed by atoms with E-state index in [1.165, 1.54) is 0 Å². The van der Waals surface area contributed by atoms with E-state index in [1.54, 1.807) is 17.0 Å². The van der Waals surface area contributed by atoms with Crippen molar-refractivity contribution in [3.05, 3.63) is 62.6 Å². The molecule has 5 nitrogen and oxygen atoms in total. The largest absolute Gasteiger partial charge is 0.484 e. The molecular formula is C26H32BrClN2O3. The number of halogens is 2. The molecule has 3 rings (SSSR count). The Balaban J connectivity index is 1.77. The molecule has 2 amide bonds. The Hall–Kier alpha value is -2.05. The summed E-state index contributed by atoms with van der Waals surface area (Å²) in [4.78, 5) is 28.1. The fourth-order valence-corrected chi connectivity index (χ4v) is 4.65. The number of rotatable bonds is 9. The Labute approximate surface area is 210 Å². The number of benzene rings is 2. The second-order valence-corrected chi connectivity index (χ2v) is 9.95. The molecule has 0 saturated heterocycles. The second kappa shape index (κ2) is 11.9. The molecule has 33 heavy (non-hydrogen) atoms. The molecule has 0 radical (unpaired) electrons. The lowest BCUT2D eigenvalue weighted by atomic mass is 10.1. The molecule has 0 unspecified atom stereocenters. The van der Waals surface area contributed by atoms with E-state index in [0.29, 0.717) is 23.7 Å². The first-order valence-electron chi connectivity index (χ1n) is 11.5. The molecule has 178 valence electrons. The molecule has 7 heteroatoms. The third kappa shape index (κ3) is 6.97. The molecule has 0 bridgehead atoms. The number of hydrogen-bond donors (Lipinski definition) is 1. The van der Waals surface area contributed by atoms with Gasteiger partial charge in [0.1, 0.15) is 11.8 Å². The molecule has 1 aliphatic rings. The standard InChI is InChI=1S/C26H32BrClN2O3/c1-4-23(26(32)29-21-7-5-6-8-21)30(15-19-9-11-20(28)12-10-19)24(31)16-33-22-13-17(2)25(27)18(3)14-22/h9-14,21,23H,4-8,15-16H2,1-3H3,(H,29,32)/t23-/m0/s1. The molecule has 2 aromatic carbocycles. The van der Waals surface area contributed by atoms with Gasteiger partial charge in [-0.25, -0.2) is 0 Å². The Morgan fingerprint density at radius 3 is 2.33 bits per heavy atom. The van der Waals surface area contributed by atoms with Crippen LogP contribution in [0.1, 0.15) is 55.7 Å². The minimum absolute atomic E-state index is 0.0953. The second-order valence-electron chi connectivity index (χ2n) is 8.72. The third-order valence-electron chi connectivity index (χ3n) is 6.13. The summed E-state index contributed by atoms with van der Waals surface area (Å²) >= 11 is 9.59. The maximum absolute atomic E-state index is 13.4. The predicted molar refractivity (Wildman–Crippen MR) is 136 cm³/mol. The third-order valence-corrected chi connectivity index (χ3v) is 7.63. The molecule has 2 aromatic rings. The molecular weight excluding hydrogens is 504 g/mol. The van der Waals surface area contributed by atoms with E-state index in [9.17, 15) is 9.59 Å². The van der Waals surface area contributed by atoms with Crippen molar-refractivity contribution >= 4 is 39.3 Å². The molecule has 1 saturated carbocycles. The zero-order valence-electron chi connectivity index (χ0n) is 19.5. The average Bonchev–Trinajstić information content (AvgIpc) is 3.29. The lowest BCUT2D eigenvalue weighted by Crippen LogP contribution is -2.52. The summed E-state index contributed by atoms with van der Waals surface area (Å²) in [6.45, 7) is 6.08. The van der Waals surface area contributed by atoms with Crippen LogP contribution in [0.4, 0.5) is 0 Å². The van der Waals surface area contributed by atoms with Gasteiger partial charge in [0.15, 0.2) is 6.61 Å². The van der Waals surface area contributed by atoms with Crippen LogP contribution in [0.15, 0.2) is 40.9 Å². The quantitative estimate of drug-likeness (QED) is 0.431. The number of amides is 2. The van der Waals surface area contributed by atoms with Gasteiger partial charge in [0.2, 0.25) is 5.91 Å². The van der Waals surface area contributed by atoms with E-state index >= 15 is 0 Å². The van der Waals surface area contributed by atoms with Crippen LogP contribution in [0, 0.1) is 13.8 Å². The number of carbonyl (C=O) groups is 2. The normalized spacial score (nSPS) is 14.7. The lowest BCUT2D eigenvalue weighted by molar-refractivity contribution is -0.143. The molecule has 1 N–H and O–H groups in total. The summed E-state index contributed by atoms with van der Waals surface area (Å²) in [6, 6.07) is 10.8. The van der Waals surface area contributed by atoms with Crippen molar-refractivity contribution in [1.29, 1.82) is 0 Å². The summed E-state index contributed by atoms with van der Waals surface area (Å²) in [5, 5.41) is 3.79. The minimum Gasteiger partial charge on any atom is -0.484 e. The van der Waals surface area contributed by atoms with E-state index in [-0.39, 0.29) is 24.5 Å². The van der Waals surface area contributed by atoms with Gasteiger partial charge < -0.3 is 15.0 Å². The zero-order chi connectivity index (χ0) is 24.0. The van der Waals surface area contributed by atoms with Crippen molar-refractivity contribution in [1.82, 2.24) is 10.2 Å². The topological polar surface area (TPSA) is 58.6 Å². The van der Waals surface area contributed by atoms with E-state index in [1.807, 2.05) is 45.0 Å². The van der Waals surface area contributed by atoms with Gasteiger partial charge >= 0.3 is 0 Å². The van der Waals surface area contributed by atoms with Crippen molar-refractivity contribution in [2.24, 2.45) is 0 Å². The van der Waals surface area contributed by atoms with Crippen LogP contribution in [0.2, 0.25) is 5.02 Å². The van der Waals surface area contributed by atoms with Crippen LogP contribution >= 0.6 is 27.5 Å². The first-order chi connectivity index (χ1) is 15.8. The van der Waals surface area contributed by atoms with Gasteiger partial charge in [0, 0.05) is 22.1 Å². The van der Waals surface area contributed by atoms with Crippen molar-refractivity contribution in [3.8, 4) is 5.75 Å². The fraction of sp³-hybridized carbons (Fsp3) is 0.462. The molecule has 0 heterocycles. The van der Waals surface area contributed by atoms with E-state index < -0.39 is 6.04 Å². The highest BCUT2D eigenvalue weighted by molar-refractivity contribution is 9.10. The number of hydrogen-bond acceptors (Lipinski definition) is 3. The molecule has 1 aliphatic carbocycles. The highest BCUT2D eigenvalue weighted by Crippen LogP contribution is 2.26. The van der Waals surface area contributed by atoms with Crippen molar-refractivity contribution in [2.45, 2.75) is 71.5 Å². The summed E-state index contributed by atoms with van der Waals surface area (Å²) in [6.07, 6.45) is 4.79. The molecule has 1 fully saturated rings. The number of ether oxygens (including phenoxy) is 1. The van der Waals surface area contributed by atoms with Gasteiger partial charge in [-0.3, -0.25) is 9.59 Å². The lowest BCUT2D eigenvalue weighted by Gasteiger charge is -2.31. The average molecular weight is 536 g/mol. The summed E-state index contributed by atoms with van der Waals surface area (Å²) < 4.78 is 6.89. The van der Waals surface area contributed by atoms with Crippen LogP contribution in [-0.4, -0.2) is 35.4 Å². The van der Waals surface area contributed by atoms with E-state index in [4.69, 9.17) is 16.3 Å². The summed E-state index contributed by atoms with van der Waals surface area (Å²) in [7, 11) is 0. The van der Waals surface area contributed by atoms with Gasteiger partial charge in [-0.05, 0) is 74.1 Å². The number of nitrogens with one attached hydrogen (secondary N) is 1. The Kier molecular flexibility index (Phi) is 9.21. The van der Waals surface area contributed by atoms with Gasteiger partial charge in [0.25, 0.3) is 5.91 Å². The van der Waals surface area contributed by atoms with Gasteiger partial charge in [-0.1, -0.05) is 59.4 Å². The highest BCUT2D eigenvalue weighted by Gasteiger charge is 2.30. The van der Waals surface area contributed by atoms with Crippen LogP contribution < -0.4 is 10.1 Å². The molecule has 1 atom stereocenters. The zero-order valence-corrected chi connectivity index (χ0v) is 21.8. The number of nitrogens with zero attached hydrogens (tertiary/aromatic N) is 1. The summed E-state index contributed by atoms with van der Waals surface area (Å²) in [5.41, 5.74) is 2.99. The number of aryl methyl sites for hydroxylation is 2. The van der Waals surface area contributed by atoms with Gasteiger partial charge in [0.05, 0.1) is 0 Å². The molecule has 0 spiro atoms. The first kappa shape index (κ1) is 25.6. The Bertz CT molecular complexity index is 951. The molecule has 0 aliphatic heterocycles. The Morgan fingerprint density at radius 2 is 1.76 bits per heavy atom. The maximum Gasteiger partial charge on any atom is 0.261 e. The van der Waals surface area contributed by atoms with E-state index in [2.05, 4.69) is 21.2 Å². The molecule has 0 aromatic heterocycles. The number of carbonyl (C=O) groups excluding carboxylic acids is 2.